The Morgan fingerprint density at radius 3 is 1.10 bits per heavy atom. The van der Waals surface area contributed by atoms with Crippen LogP contribution in [-0.2, 0) is 46.0 Å². The molecule has 2 aliphatic heterocycles. The third-order valence-electron chi connectivity index (χ3n) is 17.1. The Morgan fingerprint density at radius 1 is 0.424 bits per heavy atom. The smallest absolute Gasteiger partial charge is 0.200 e. The third-order valence-corrected chi connectivity index (χ3v) is 17.1. The topological polar surface area (TPSA) is 43.2 Å². The molecule has 0 saturated heterocycles. The minimum absolute atomic E-state index is 0.0609. The van der Waals surface area contributed by atoms with Crippen LogP contribution >= 0.6 is 0 Å². The minimum atomic E-state index is -0.652. The lowest BCUT2D eigenvalue weighted by molar-refractivity contribution is -0.00531. The van der Waals surface area contributed by atoms with Gasteiger partial charge in [0, 0.05) is 0 Å². The Bertz CT molecular complexity index is 1980. The Hall–Kier alpha value is -4.18. The summed E-state index contributed by atoms with van der Waals surface area (Å²) in [6, 6.07) is 41.6. The van der Waals surface area contributed by atoms with Gasteiger partial charge in [-0.05, 0) is 182 Å². The van der Waals surface area contributed by atoms with Gasteiger partial charge in [0.25, 0.3) is 0 Å². The van der Waals surface area contributed by atoms with Gasteiger partial charge >= 0.3 is 0 Å². The van der Waals surface area contributed by atoms with Crippen LogP contribution in [0.2, 0.25) is 0 Å². The van der Waals surface area contributed by atoms with Gasteiger partial charge in [0.15, 0.2) is 11.8 Å². The number of hydrogen-bond donors (Lipinski definition) is 0. The Balaban J connectivity index is 0.915. The molecule has 59 heavy (non-hydrogen) atoms. The average molecular weight is 783 g/mol. The molecule has 8 bridgehead atoms. The van der Waals surface area contributed by atoms with E-state index < -0.39 is 5.41 Å². The maximum absolute atomic E-state index is 6.88. The molecule has 8 saturated carbocycles. The van der Waals surface area contributed by atoms with Gasteiger partial charge in [-0.3, -0.25) is 0 Å². The van der Waals surface area contributed by atoms with Crippen LogP contribution in [0.3, 0.4) is 0 Å². The standard InChI is InChI=1S/C55H62N2O2/c1-3-7-37(8-4-1)25-49-35-58-51(56-49)55(52-57-50(36-59-52)26-38-9-5-2-6-10-38,33-39-11-15-47(16-12-39)53-27-41-19-42(28-53)21-43(20-41)29-53)34-40-13-17-48(18-14-40)54-30-44-22-45(31-54)24-46(23-44)32-54/h1-18,41-46,49-50H,19-36H2/t41?,42?,43?,44?,45?,46?,49-,50-,53?,54?/m0/s1. The second kappa shape index (κ2) is 14.5. The van der Waals surface area contributed by atoms with Gasteiger partial charge in [-0.15, -0.1) is 0 Å². The molecule has 4 aromatic carbocycles. The third kappa shape index (κ3) is 6.80. The molecule has 0 amide bonds. The second-order valence-corrected chi connectivity index (χ2v) is 21.4. The molecule has 8 aliphatic carbocycles. The number of ether oxygens (including phenoxy) is 2. The van der Waals surface area contributed by atoms with Crippen LogP contribution < -0.4 is 0 Å². The molecule has 10 aliphatic rings. The van der Waals surface area contributed by atoms with Crippen LogP contribution in [-0.4, -0.2) is 37.1 Å². The molecule has 0 spiro atoms. The van der Waals surface area contributed by atoms with Crippen molar-refractivity contribution in [3.8, 4) is 0 Å². The Kier molecular flexibility index (Phi) is 9.00. The molecule has 4 heteroatoms. The summed E-state index contributed by atoms with van der Waals surface area (Å²) in [6.45, 7) is 1.17. The molecule has 0 aromatic heterocycles. The van der Waals surface area contributed by atoms with Gasteiger partial charge in [0.1, 0.15) is 18.6 Å². The van der Waals surface area contributed by atoms with E-state index in [2.05, 4.69) is 109 Å². The van der Waals surface area contributed by atoms with Crippen molar-refractivity contribution in [1.82, 2.24) is 0 Å². The number of rotatable bonds is 12. The fourth-order valence-electron chi connectivity index (χ4n) is 15.4. The molecule has 0 N–H and O–H groups in total. The van der Waals surface area contributed by atoms with Crippen LogP contribution in [0, 0.1) is 40.9 Å². The average Bonchev–Trinajstić information content (AvgIpc) is 3.92. The second-order valence-electron chi connectivity index (χ2n) is 21.4. The lowest BCUT2D eigenvalue weighted by Crippen LogP contribution is -2.48. The first-order valence-corrected chi connectivity index (χ1v) is 23.6. The van der Waals surface area contributed by atoms with E-state index in [1.54, 1.807) is 11.1 Å². The Morgan fingerprint density at radius 2 is 0.763 bits per heavy atom. The van der Waals surface area contributed by atoms with E-state index in [1.807, 2.05) is 0 Å². The van der Waals surface area contributed by atoms with E-state index in [0.29, 0.717) is 24.0 Å². The van der Waals surface area contributed by atoms with Crippen molar-refractivity contribution in [2.45, 2.75) is 126 Å². The maximum atomic E-state index is 6.88. The molecule has 2 atom stereocenters. The summed E-state index contributed by atoms with van der Waals surface area (Å²) in [5.41, 5.74) is 8.52. The van der Waals surface area contributed by atoms with Gasteiger partial charge in [-0.25, -0.2) is 9.98 Å². The SMILES string of the molecule is c1ccc(C[C@H]2COC(C(Cc3ccc(C45CC6CC(CC(C6)C4)C5)cc3)(Cc3ccc(C45CC6CC(CC(C6)C4)C5)cc3)C3=N[C@@H](Cc4ccccc4)CO3)=N2)cc1. The summed E-state index contributed by atoms with van der Waals surface area (Å²) >= 11 is 0. The summed E-state index contributed by atoms with van der Waals surface area (Å²) in [7, 11) is 0. The van der Waals surface area contributed by atoms with Crippen molar-refractivity contribution in [2.24, 2.45) is 50.9 Å². The predicted molar refractivity (Wildman–Crippen MR) is 237 cm³/mol. The molecule has 4 aromatic rings. The fourth-order valence-corrected chi connectivity index (χ4v) is 15.4. The zero-order valence-electron chi connectivity index (χ0n) is 34.9. The van der Waals surface area contributed by atoms with Gasteiger partial charge in [-0.2, -0.15) is 0 Å². The molecule has 0 radical (unpaired) electrons. The van der Waals surface area contributed by atoms with Gasteiger partial charge in [0.2, 0.25) is 0 Å². The van der Waals surface area contributed by atoms with Crippen molar-refractivity contribution < 1.29 is 9.47 Å². The monoisotopic (exact) mass is 782 g/mol. The van der Waals surface area contributed by atoms with Gasteiger partial charge in [0.05, 0.1) is 12.1 Å². The number of aliphatic imine (C=N–C) groups is 2. The van der Waals surface area contributed by atoms with Crippen LogP contribution in [0.15, 0.2) is 119 Å². The van der Waals surface area contributed by atoms with E-state index in [-0.39, 0.29) is 12.1 Å². The minimum Gasteiger partial charge on any atom is -0.478 e. The van der Waals surface area contributed by atoms with Crippen LogP contribution in [0.4, 0.5) is 0 Å². The maximum Gasteiger partial charge on any atom is 0.200 e. The highest BCUT2D eigenvalue weighted by Gasteiger charge is 2.54. The molecule has 8 fully saturated rings. The molecule has 14 rings (SSSR count). The number of hydrogen-bond acceptors (Lipinski definition) is 4. The van der Waals surface area contributed by atoms with E-state index in [9.17, 15) is 0 Å². The molecule has 0 unspecified atom stereocenters. The van der Waals surface area contributed by atoms with E-state index in [1.165, 1.54) is 99.3 Å². The normalized spacial score (nSPS) is 35.1. The highest BCUT2D eigenvalue weighted by Crippen LogP contribution is 2.62. The molecule has 4 nitrogen and oxygen atoms in total. The van der Waals surface area contributed by atoms with Crippen LogP contribution in [0.1, 0.15) is 110 Å². The van der Waals surface area contributed by atoms with E-state index >= 15 is 0 Å². The van der Waals surface area contributed by atoms with Crippen molar-refractivity contribution in [3.63, 3.8) is 0 Å². The summed E-state index contributed by atoms with van der Waals surface area (Å²) in [4.78, 5) is 11.0. The van der Waals surface area contributed by atoms with Crippen LogP contribution in [0.5, 0.6) is 0 Å². The molecular formula is C55H62N2O2. The summed E-state index contributed by atoms with van der Waals surface area (Å²) in [5, 5.41) is 0. The fraction of sp³-hybridized carbons (Fsp3) is 0.527. The van der Waals surface area contributed by atoms with Gasteiger partial charge in [-0.1, -0.05) is 109 Å². The predicted octanol–water partition coefficient (Wildman–Crippen LogP) is 11.5. The number of benzene rings is 4. The Labute approximate surface area is 352 Å². The lowest BCUT2D eigenvalue weighted by Gasteiger charge is -2.57. The van der Waals surface area contributed by atoms with Crippen LogP contribution in [0.25, 0.3) is 0 Å². The highest BCUT2D eigenvalue weighted by atomic mass is 16.5. The highest BCUT2D eigenvalue weighted by molar-refractivity contribution is 6.07. The largest absolute Gasteiger partial charge is 0.478 e. The zero-order chi connectivity index (χ0) is 39.0. The summed E-state index contributed by atoms with van der Waals surface area (Å²) < 4.78 is 13.8. The van der Waals surface area contributed by atoms with Crippen molar-refractivity contribution in [3.05, 3.63) is 143 Å². The first kappa shape index (κ1) is 36.7. The quantitative estimate of drug-likeness (QED) is 0.144. The molecular weight excluding hydrogens is 721 g/mol. The molecule has 2 heterocycles. The first-order chi connectivity index (χ1) is 28.9. The molecule has 304 valence electrons. The van der Waals surface area contributed by atoms with E-state index in [0.717, 1.165) is 73.0 Å². The van der Waals surface area contributed by atoms with Crippen molar-refractivity contribution >= 4 is 11.8 Å². The summed E-state index contributed by atoms with van der Waals surface area (Å²) in [6.07, 6.45) is 20.4. The van der Waals surface area contributed by atoms with Gasteiger partial charge < -0.3 is 9.47 Å². The lowest BCUT2D eigenvalue weighted by atomic mass is 9.48. The van der Waals surface area contributed by atoms with E-state index in [4.69, 9.17) is 19.5 Å². The zero-order valence-corrected chi connectivity index (χ0v) is 34.9. The van der Waals surface area contributed by atoms with Crippen molar-refractivity contribution in [1.29, 1.82) is 0 Å². The summed E-state index contributed by atoms with van der Waals surface area (Å²) in [5.74, 6) is 7.24. The number of nitrogens with zero attached hydrogens (tertiary/aromatic N) is 2. The first-order valence-electron chi connectivity index (χ1n) is 23.6. The van der Waals surface area contributed by atoms with Crippen molar-refractivity contribution in [2.75, 3.05) is 13.2 Å².